The van der Waals surface area contributed by atoms with Gasteiger partial charge in [-0.25, -0.2) is 4.98 Å². The van der Waals surface area contributed by atoms with Crippen LogP contribution < -0.4 is 5.32 Å². The number of hydrogen-bond acceptors (Lipinski definition) is 5. The van der Waals surface area contributed by atoms with E-state index in [4.69, 9.17) is 9.97 Å². The van der Waals surface area contributed by atoms with Gasteiger partial charge in [0.2, 0.25) is 5.95 Å². The van der Waals surface area contributed by atoms with Gasteiger partial charge in [-0.15, -0.1) is 0 Å². The molecule has 2 aromatic heterocycles. The predicted octanol–water partition coefficient (Wildman–Crippen LogP) is 6.30. The number of aliphatic hydroxyl groups excluding tert-OH is 1. The first-order valence-electron chi connectivity index (χ1n) is 14.3. The van der Waals surface area contributed by atoms with Gasteiger partial charge in [0.15, 0.2) is 0 Å². The fourth-order valence-corrected chi connectivity index (χ4v) is 6.95. The van der Waals surface area contributed by atoms with Crippen LogP contribution in [0.5, 0.6) is 0 Å². The highest BCUT2D eigenvalue weighted by molar-refractivity contribution is 5.94. The van der Waals surface area contributed by atoms with Crippen LogP contribution in [0.2, 0.25) is 0 Å². The highest BCUT2D eigenvalue weighted by Gasteiger charge is 2.38. The van der Waals surface area contributed by atoms with Gasteiger partial charge in [-0.1, -0.05) is 37.6 Å². The fraction of sp³-hybridized carbons (Fsp3) is 0.600. The summed E-state index contributed by atoms with van der Waals surface area (Å²) < 4.78 is 2.36. The Kier molecular flexibility index (Phi) is 6.74. The Hall–Kier alpha value is -2.44. The van der Waals surface area contributed by atoms with E-state index in [0.717, 1.165) is 68.2 Å². The molecule has 1 saturated carbocycles. The third-order valence-electron chi connectivity index (χ3n) is 8.96. The van der Waals surface area contributed by atoms with E-state index in [2.05, 4.69) is 59.1 Å². The van der Waals surface area contributed by atoms with Gasteiger partial charge >= 0.3 is 0 Å². The lowest BCUT2D eigenvalue weighted by molar-refractivity contribution is 0.111. The largest absolute Gasteiger partial charge is 0.393 e. The smallest absolute Gasteiger partial charge is 0.224 e. The average Bonchev–Trinajstić information content (AvgIpc) is 3.58. The number of anilines is 1. The molecule has 6 heteroatoms. The number of nitrogens with zero attached hydrogens (tertiary/aromatic N) is 4. The van der Waals surface area contributed by atoms with Crippen LogP contribution in [0.4, 0.5) is 5.95 Å². The van der Waals surface area contributed by atoms with Crippen molar-refractivity contribution in [3.05, 3.63) is 42.2 Å². The lowest BCUT2D eigenvalue weighted by Gasteiger charge is -2.27. The zero-order valence-corrected chi connectivity index (χ0v) is 21.9. The summed E-state index contributed by atoms with van der Waals surface area (Å²) in [7, 11) is 0. The minimum atomic E-state index is -0.164. The van der Waals surface area contributed by atoms with Crippen molar-refractivity contribution in [2.45, 2.75) is 115 Å². The number of aliphatic hydroxyl groups is 1. The molecule has 3 fully saturated rings. The van der Waals surface area contributed by atoms with Gasteiger partial charge in [-0.2, -0.15) is 4.98 Å². The topological polar surface area (TPSA) is 66.2 Å². The van der Waals surface area contributed by atoms with Gasteiger partial charge in [-0.05, 0) is 75.8 Å². The van der Waals surface area contributed by atoms with Crippen molar-refractivity contribution in [2.24, 2.45) is 0 Å². The van der Waals surface area contributed by atoms with Crippen molar-refractivity contribution in [1.29, 1.82) is 0 Å². The molecule has 192 valence electrons. The SMILES string of the molecule is CCC[C@H](C)Nc1ncc2c(-c3ccc(CN4C5CCC4CC5)cc3)cn([C@H]3CC[C@H](O)CC3)c2n1. The predicted molar refractivity (Wildman–Crippen MR) is 146 cm³/mol. The molecule has 2 aliphatic heterocycles. The summed E-state index contributed by atoms with van der Waals surface area (Å²) in [5.41, 5.74) is 4.85. The second-order valence-electron chi connectivity index (χ2n) is 11.5. The van der Waals surface area contributed by atoms with Crippen LogP contribution in [0.25, 0.3) is 22.2 Å². The van der Waals surface area contributed by atoms with E-state index in [-0.39, 0.29) is 6.10 Å². The zero-order valence-electron chi connectivity index (χ0n) is 21.9. The van der Waals surface area contributed by atoms with E-state index in [1.807, 2.05) is 6.20 Å². The van der Waals surface area contributed by atoms with Crippen LogP contribution in [0.1, 0.15) is 89.7 Å². The van der Waals surface area contributed by atoms with Gasteiger partial charge in [0, 0.05) is 54.1 Å². The molecule has 0 unspecified atom stereocenters. The van der Waals surface area contributed by atoms with Crippen molar-refractivity contribution < 1.29 is 5.11 Å². The Balaban J connectivity index is 1.30. The zero-order chi connectivity index (χ0) is 24.6. The number of benzene rings is 1. The molecule has 0 spiro atoms. The number of hydrogen-bond donors (Lipinski definition) is 2. The van der Waals surface area contributed by atoms with Crippen molar-refractivity contribution in [3.8, 4) is 11.1 Å². The Morgan fingerprint density at radius 1 is 0.972 bits per heavy atom. The summed E-state index contributed by atoms with van der Waals surface area (Å²) >= 11 is 0. The first-order chi connectivity index (χ1) is 17.6. The number of rotatable bonds is 8. The Morgan fingerprint density at radius 2 is 1.64 bits per heavy atom. The molecule has 36 heavy (non-hydrogen) atoms. The Labute approximate surface area is 215 Å². The number of nitrogens with one attached hydrogen (secondary N) is 1. The molecule has 0 radical (unpaired) electrons. The maximum atomic E-state index is 10.1. The summed E-state index contributed by atoms with van der Waals surface area (Å²) in [5, 5.41) is 14.7. The molecule has 1 aromatic carbocycles. The van der Waals surface area contributed by atoms with Gasteiger partial charge in [0.05, 0.1) is 6.10 Å². The van der Waals surface area contributed by atoms with Crippen LogP contribution in [0, 0.1) is 0 Å². The first kappa shape index (κ1) is 23.9. The molecule has 3 aromatic rings. The van der Waals surface area contributed by atoms with Gasteiger partial charge in [-0.3, -0.25) is 4.90 Å². The average molecular weight is 488 g/mol. The summed E-state index contributed by atoms with van der Waals surface area (Å²) in [6.45, 7) is 5.48. The highest BCUT2D eigenvalue weighted by atomic mass is 16.3. The van der Waals surface area contributed by atoms with E-state index in [0.29, 0.717) is 18.0 Å². The normalized spacial score (nSPS) is 27.1. The summed E-state index contributed by atoms with van der Waals surface area (Å²) in [6.07, 6.45) is 15.6. The quantitative estimate of drug-likeness (QED) is 0.390. The lowest BCUT2D eigenvalue weighted by atomic mass is 9.93. The van der Waals surface area contributed by atoms with Gasteiger partial charge in [0.1, 0.15) is 5.65 Å². The van der Waals surface area contributed by atoms with Crippen LogP contribution >= 0.6 is 0 Å². The molecule has 3 aliphatic rings. The van der Waals surface area contributed by atoms with E-state index >= 15 is 0 Å². The van der Waals surface area contributed by atoms with Crippen molar-refractivity contribution >= 4 is 17.0 Å². The van der Waals surface area contributed by atoms with Crippen LogP contribution in [0.15, 0.2) is 36.7 Å². The molecular formula is C30H41N5O. The fourth-order valence-electron chi connectivity index (χ4n) is 6.95. The second kappa shape index (κ2) is 10.1. The molecule has 6 rings (SSSR count). The van der Waals surface area contributed by atoms with Crippen LogP contribution in [-0.4, -0.2) is 48.8 Å². The molecule has 2 saturated heterocycles. The highest BCUT2D eigenvalue weighted by Crippen LogP contribution is 2.39. The molecule has 1 atom stereocenters. The van der Waals surface area contributed by atoms with Crippen molar-refractivity contribution in [3.63, 3.8) is 0 Å². The molecule has 2 N–H and O–H groups in total. The summed E-state index contributed by atoms with van der Waals surface area (Å²) in [4.78, 5) is 12.5. The molecule has 1 aliphatic carbocycles. The van der Waals surface area contributed by atoms with Gasteiger partial charge < -0.3 is 15.0 Å². The third-order valence-corrected chi connectivity index (χ3v) is 8.96. The first-order valence-corrected chi connectivity index (χ1v) is 14.3. The van der Waals surface area contributed by atoms with Crippen LogP contribution in [0.3, 0.4) is 0 Å². The maximum absolute atomic E-state index is 10.1. The summed E-state index contributed by atoms with van der Waals surface area (Å²) in [5.74, 6) is 0.709. The number of fused-ring (bicyclic) bond motifs is 3. The lowest BCUT2D eigenvalue weighted by Crippen LogP contribution is -2.27. The molecule has 4 heterocycles. The minimum absolute atomic E-state index is 0.164. The maximum Gasteiger partial charge on any atom is 0.224 e. The number of aromatic nitrogens is 3. The molecular weight excluding hydrogens is 446 g/mol. The van der Waals surface area contributed by atoms with Crippen LogP contribution in [-0.2, 0) is 6.54 Å². The molecule has 6 nitrogen and oxygen atoms in total. The Bertz CT molecular complexity index is 1160. The van der Waals surface area contributed by atoms with E-state index < -0.39 is 0 Å². The molecule has 0 amide bonds. The van der Waals surface area contributed by atoms with Gasteiger partial charge in [0.25, 0.3) is 0 Å². The standard InChI is InChI=1S/C30H41N5O/c1-3-4-20(2)32-30-31-17-27-28(19-35(29(27)33-30)25-13-15-26(36)16-14-25)22-7-5-21(6-8-22)18-34-23-9-10-24(34)12-11-23/h5-8,17,19-20,23-26,36H,3-4,9-16,18H2,1-2H3,(H,31,32,33)/t20-,23?,24?,25-,26-/m0/s1. The summed E-state index contributed by atoms with van der Waals surface area (Å²) in [6, 6.07) is 11.5. The van der Waals surface area contributed by atoms with Crippen molar-refractivity contribution in [1.82, 2.24) is 19.4 Å². The monoisotopic (exact) mass is 487 g/mol. The second-order valence-corrected chi connectivity index (χ2v) is 11.5. The minimum Gasteiger partial charge on any atom is -0.393 e. The van der Waals surface area contributed by atoms with E-state index in [1.54, 1.807) is 0 Å². The van der Waals surface area contributed by atoms with E-state index in [1.165, 1.54) is 42.4 Å². The molecule has 2 bridgehead atoms. The van der Waals surface area contributed by atoms with E-state index in [9.17, 15) is 5.11 Å². The Morgan fingerprint density at radius 3 is 2.31 bits per heavy atom. The van der Waals surface area contributed by atoms with Crippen molar-refractivity contribution in [2.75, 3.05) is 5.32 Å². The third kappa shape index (κ3) is 4.66.